The van der Waals surface area contributed by atoms with Gasteiger partial charge in [0.15, 0.2) is 11.5 Å². The van der Waals surface area contributed by atoms with Gasteiger partial charge in [-0.15, -0.1) is 10.2 Å². The number of aromatic nitrogens is 3. The third-order valence-electron chi connectivity index (χ3n) is 3.01. The van der Waals surface area contributed by atoms with Crippen molar-refractivity contribution in [1.82, 2.24) is 14.6 Å². The van der Waals surface area contributed by atoms with Crippen LogP contribution in [0.5, 0.6) is 5.75 Å². The number of benzene rings is 1. The van der Waals surface area contributed by atoms with Crippen molar-refractivity contribution >= 4 is 23.5 Å². The van der Waals surface area contributed by atoms with Gasteiger partial charge in [-0.3, -0.25) is 4.40 Å². The van der Waals surface area contributed by atoms with Crippen LogP contribution in [0.1, 0.15) is 11.4 Å². The van der Waals surface area contributed by atoms with E-state index >= 15 is 0 Å². The number of nitrogens with zero attached hydrogens (tertiary/aromatic N) is 3. The molecule has 2 aromatic heterocycles. The van der Waals surface area contributed by atoms with Crippen LogP contribution in [-0.4, -0.2) is 21.7 Å². The van der Waals surface area contributed by atoms with E-state index in [1.807, 2.05) is 53.1 Å². The topological polar surface area (TPSA) is 65.4 Å². The minimum Gasteiger partial charge on any atom is -0.497 e. The number of nitrogens with two attached hydrogens (primary N) is 1. The van der Waals surface area contributed by atoms with Crippen molar-refractivity contribution < 1.29 is 4.74 Å². The summed E-state index contributed by atoms with van der Waals surface area (Å²) in [7, 11) is 1.65. The average molecular weight is 266 g/mol. The van der Waals surface area contributed by atoms with Gasteiger partial charge in [0, 0.05) is 6.20 Å². The Kier molecular flexibility index (Phi) is 3.09. The standard InChI is InChI=1S/C15H14N4O/c1-20-12-5-2-4-11(10-12)7-8-14-17-18-15-13(16)6-3-9-19(14)15/h2-10H,16H2,1H3/b8-7-. The molecule has 0 bridgehead atoms. The van der Waals surface area contributed by atoms with E-state index in [4.69, 9.17) is 10.5 Å². The molecule has 100 valence electrons. The first kappa shape index (κ1) is 12.2. The molecule has 20 heavy (non-hydrogen) atoms. The van der Waals surface area contributed by atoms with Crippen molar-refractivity contribution in [3.8, 4) is 5.75 Å². The highest BCUT2D eigenvalue weighted by atomic mass is 16.5. The van der Waals surface area contributed by atoms with Gasteiger partial charge < -0.3 is 10.5 Å². The smallest absolute Gasteiger partial charge is 0.184 e. The molecule has 0 aliphatic carbocycles. The first-order chi connectivity index (χ1) is 9.78. The van der Waals surface area contributed by atoms with Gasteiger partial charge in [-0.05, 0) is 35.9 Å². The molecule has 0 spiro atoms. The Balaban J connectivity index is 1.96. The van der Waals surface area contributed by atoms with Crippen LogP contribution < -0.4 is 10.5 Å². The number of anilines is 1. The van der Waals surface area contributed by atoms with Gasteiger partial charge in [0.2, 0.25) is 0 Å². The summed E-state index contributed by atoms with van der Waals surface area (Å²) < 4.78 is 7.05. The number of nitrogen functional groups attached to an aromatic ring is 1. The van der Waals surface area contributed by atoms with Crippen LogP contribution in [0, 0.1) is 0 Å². The van der Waals surface area contributed by atoms with Crippen LogP contribution in [0.25, 0.3) is 17.8 Å². The van der Waals surface area contributed by atoms with Gasteiger partial charge in [0.1, 0.15) is 5.75 Å². The Morgan fingerprint density at radius 1 is 1.15 bits per heavy atom. The summed E-state index contributed by atoms with van der Waals surface area (Å²) in [5, 5.41) is 8.20. The predicted octanol–water partition coefficient (Wildman–Crippen LogP) is 2.49. The van der Waals surface area contributed by atoms with Crippen LogP contribution in [0.15, 0.2) is 42.6 Å². The van der Waals surface area contributed by atoms with Crippen molar-refractivity contribution in [1.29, 1.82) is 0 Å². The Morgan fingerprint density at radius 2 is 2.05 bits per heavy atom. The van der Waals surface area contributed by atoms with E-state index in [1.54, 1.807) is 13.2 Å². The molecule has 0 fully saturated rings. The van der Waals surface area contributed by atoms with Gasteiger partial charge in [0.25, 0.3) is 0 Å². The minimum atomic E-state index is 0.612. The average Bonchev–Trinajstić information content (AvgIpc) is 2.90. The second-order valence-electron chi connectivity index (χ2n) is 4.33. The molecule has 0 radical (unpaired) electrons. The number of ether oxygens (including phenoxy) is 1. The molecule has 2 N–H and O–H groups in total. The SMILES string of the molecule is COc1cccc(/C=C\c2nnc3c(N)cccn23)c1. The first-order valence-corrected chi connectivity index (χ1v) is 6.19. The number of methoxy groups -OCH3 is 1. The molecule has 2 heterocycles. The molecule has 1 aromatic carbocycles. The maximum Gasteiger partial charge on any atom is 0.184 e. The molecule has 0 unspecified atom stereocenters. The van der Waals surface area contributed by atoms with Crippen LogP contribution in [-0.2, 0) is 0 Å². The van der Waals surface area contributed by atoms with Crippen molar-refractivity contribution in [3.05, 3.63) is 54.0 Å². The predicted molar refractivity (Wildman–Crippen MR) is 79.3 cm³/mol. The lowest BCUT2D eigenvalue weighted by molar-refractivity contribution is 0.414. The quantitative estimate of drug-likeness (QED) is 0.791. The molecule has 3 rings (SSSR count). The van der Waals surface area contributed by atoms with E-state index in [-0.39, 0.29) is 0 Å². The van der Waals surface area contributed by atoms with Crippen molar-refractivity contribution in [2.45, 2.75) is 0 Å². The largest absolute Gasteiger partial charge is 0.497 e. The summed E-state index contributed by atoms with van der Waals surface area (Å²) in [6, 6.07) is 11.5. The molecule has 0 atom stereocenters. The fraction of sp³-hybridized carbons (Fsp3) is 0.0667. The van der Waals surface area contributed by atoms with E-state index in [1.165, 1.54) is 0 Å². The Morgan fingerprint density at radius 3 is 2.90 bits per heavy atom. The Hall–Kier alpha value is -2.82. The lowest BCUT2D eigenvalue weighted by atomic mass is 10.2. The highest BCUT2D eigenvalue weighted by Crippen LogP contribution is 2.16. The summed E-state index contributed by atoms with van der Waals surface area (Å²) in [4.78, 5) is 0. The zero-order valence-corrected chi connectivity index (χ0v) is 11.0. The molecule has 0 amide bonds. The summed E-state index contributed by atoms with van der Waals surface area (Å²) >= 11 is 0. The maximum atomic E-state index is 5.85. The normalized spacial score (nSPS) is 11.2. The number of fused-ring (bicyclic) bond motifs is 1. The number of pyridine rings is 1. The van der Waals surface area contributed by atoms with Crippen LogP contribution in [0.4, 0.5) is 5.69 Å². The highest BCUT2D eigenvalue weighted by molar-refractivity contribution is 5.71. The summed E-state index contributed by atoms with van der Waals surface area (Å²) in [6.45, 7) is 0. The third kappa shape index (κ3) is 2.21. The monoisotopic (exact) mass is 266 g/mol. The Bertz CT molecular complexity index is 776. The lowest BCUT2D eigenvalue weighted by Gasteiger charge is -2.00. The number of hydrogen-bond acceptors (Lipinski definition) is 4. The lowest BCUT2D eigenvalue weighted by Crippen LogP contribution is -1.92. The van der Waals surface area contributed by atoms with Gasteiger partial charge in [-0.2, -0.15) is 0 Å². The van der Waals surface area contributed by atoms with Gasteiger partial charge in [-0.25, -0.2) is 0 Å². The van der Waals surface area contributed by atoms with E-state index in [0.29, 0.717) is 11.3 Å². The van der Waals surface area contributed by atoms with Crippen molar-refractivity contribution in [3.63, 3.8) is 0 Å². The molecule has 0 aliphatic heterocycles. The fourth-order valence-electron chi connectivity index (χ4n) is 1.98. The minimum absolute atomic E-state index is 0.612. The second-order valence-corrected chi connectivity index (χ2v) is 4.33. The molecular formula is C15H14N4O. The van der Waals surface area contributed by atoms with E-state index in [9.17, 15) is 0 Å². The van der Waals surface area contributed by atoms with Gasteiger partial charge in [0.05, 0.1) is 12.8 Å². The van der Waals surface area contributed by atoms with E-state index in [0.717, 1.165) is 17.1 Å². The number of hydrogen-bond donors (Lipinski definition) is 1. The first-order valence-electron chi connectivity index (χ1n) is 6.19. The van der Waals surface area contributed by atoms with Gasteiger partial charge >= 0.3 is 0 Å². The molecule has 0 saturated heterocycles. The van der Waals surface area contributed by atoms with Crippen molar-refractivity contribution in [2.24, 2.45) is 0 Å². The molecule has 0 saturated carbocycles. The fourth-order valence-corrected chi connectivity index (χ4v) is 1.98. The molecule has 5 nitrogen and oxygen atoms in total. The molecule has 3 aromatic rings. The van der Waals surface area contributed by atoms with E-state index in [2.05, 4.69) is 10.2 Å². The second kappa shape index (κ2) is 5.05. The summed E-state index contributed by atoms with van der Waals surface area (Å²) in [6.07, 6.45) is 5.74. The molecule has 0 aliphatic rings. The van der Waals surface area contributed by atoms with Crippen LogP contribution in [0.2, 0.25) is 0 Å². The molecular weight excluding hydrogens is 252 g/mol. The van der Waals surface area contributed by atoms with Crippen LogP contribution >= 0.6 is 0 Å². The highest BCUT2D eigenvalue weighted by Gasteiger charge is 2.04. The zero-order valence-electron chi connectivity index (χ0n) is 11.0. The van der Waals surface area contributed by atoms with Crippen molar-refractivity contribution in [2.75, 3.05) is 12.8 Å². The third-order valence-corrected chi connectivity index (χ3v) is 3.01. The van der Waals surface area contributed by atoms with E-state index < -0.39 is 0 Å². The zero-order chi connectivity index (χ0) is 13.9. The number of rotatable bonds is 3. The van der Waals surface area contributed by atoms with Crippen LogP contribution in [0.3, 0.4) is 0 Å². The Labute approximate surface area is 116 Å². The van der Waals surface area contributed by atoms with Gasteiger partial charge in [-0.1, -0.05) is 18.2 Å². The molecule has 5 heteroatoms. The summed E-state index contributed by atoms with van der Waals surface area (Å²) in [5.74, 6) is 1.55. The maximum absolute atomic E-state index is 5.85. The summed E-state index contributed by atoms with van der Waals surface area (Å²) in [5.41, 5.74) is 8.16.